The average Bonchev–Trinajstić information content (AvgIpc) is 2.79. The van der Waals surface area contributed by atoms with Crippen molar-refractivity contribution in [2.45, 2.75) is 25.3 Å². The number of anilines is 1. The van der Waals surface area contributed by atoms with E-state index in [4.69, 9.17) is 26.6 Å². The largest absolute Gasteiger partial charge is 0.454 e. The molecule has 2 N–H and O–H groups in total. The number of halogens is 1. The van der Waals surface area contributed by atoms with Gasteiger partial charge in [-0.05, 0) is 66.7 Å². The number of guanidine groups is 1. The van der Waals surface area contributed by atoms with E-state index < -0.39 is 0 Å². The molecule has 7 heteroatoms. The SMILES string of the molecule is C/C=S1\NC(=NCc2cccc(C#N)c2)Nc2c(Oc3ccccc3Cl)cc(C)cc21. The molecule has 0 bridgehead atoms. The third kappa shape index (κ3) is 4.74. The highest BCUT2D eigenvalue weighted by atomic mass is 35.5. The molecule has 4 rings (SSSR count). The molecular weight excluding hydrogens is 428 g/mol. The topological polar surface area (TPSA) is 69.4 Å². The van der Waals surface area contributed by atoms with E-state index in [-0.39, 0.29) is 10.7 Å². The molecule has 0 aromatic heterocycles. The summed E-state index contributed by atoms with van der Waals surface area (Å²) in [5.74, 6) is 1.96. The molecule has 1 aliphatic heterocycles. The maximum absolute atomic E-state index is 9.11. The predicted molar refractivity (Wildman–Crippen MR) is 129 cm³/mol. The van der Waals surface area contributed by atoms with Gasteiger partial charge in [-0.3, -0.25) is 0 Å². The number of fused-ring (bicyclic) bond motifs is 1. The van der Waals surface area contributed by atoms with Crippen LogP contribution in [-0.2, 0) is 6.54 Å². The second-order valence-electron chi connectivity index (χ2n) is 6.95. The van der Waals surface area contributed by atoms with Crippen LogP contribution in [0.25, 0.3) is 0 Å². The summed E-state index contributed by atoms with van der Waals surface area (Å²) in [6.07, 6.45) is 0. The van der Waals surface area contributed by atoms with Crippen LogP contribution in [0.3, 0.4) is 0 Å². The lowest BCUT2D eigenvalue weighted by atomic mass is 10.1. The van der Waals surface area contributed by atoms with E-state index >= 15 is 0 Å². The molecule has 0 spiro atoms. The number of aryl methyl sites for hydroxylation is 1. The third-order valence-corrected chi connectivity index (χ3v) is 6.66. The van der Waals surface area contributed by atoms with Crippen LogP contribution in [0.4, 0.5) is 5.69 Å². The molecule has 3 aromatic rings. The zero-order valence-corrected chi connectivity index (χ0v) is 18.7. The molecular formula is C24H21ClN4OS. The van der Waals surface area contributed by atoms with E-state index in [1.807, 2.05) is 56.3 Å². The van der Waals surface area contributed by atoms with E-state index in [2.05, 4.69) is 27.5 Å². The number of aliphatic imine (C=N–C) groups is 1. The molecule has 31 heavy (non-hydrogen) atoms. The summed E-state index contributed by atoms with van der Waals surface area (Å²) in [6.45, 7) is 4.52. The van der Waals surface area contributed by atoms with Crippen molar-refractivity contribution in [3.8, 4) is 17.6 Å². The summed E-state index contributed by atoms with van der Waals surface area (Å²) in [6, 6.07) is 21.2. The van der Waals surface area contributed by atoms with Gasteiger partial charge in [0.25, 0.3) is 0 Å². The number of ether oxygens (including phenoxy) is 1. The Morgan fingerprint density at radius 3 is 2.74 bits per heavy atom. The number of nitrogens with one attached hydrogen (secondary N) is 2. The van der Waals surface area contributed by atoms with Gasteiger partial charge >= 0.3 is 0 Å². The number of nitrogens with zero attached hydrogens (tertiary/aromatic N) is 2. The van der Waals surface area contributed by atoms with Crippen LogP contribution in [0.15, 0.2) is 70.6 Å². The minimum absolute atomic E-state index is 0.338. The van der Waals surface area contributed by atoms with Gasteiger partial charge in [-0.2, -0.15) is 5.26 Å². The molecule has 1 unspecified atom stereocenters. The van der Waals surface area contributed by atoms with E-state index in [0.717, 1.165) is 21.7 Å². The van der Waals surface area contributed by atoms with Crippen molar-refractivity contribution in [3.05, 3.63) is 82.4 Å². The molecule has 1 atom stereocenters. The van der Waals surface area contributed by atoms with Crippen LogP contribution >= 0.6 is 22.3 Å². The van der Waals surface area contributed by atoms with Gasteiger partial charge in [0, 0.05) is 4.90 Å². The van der Waals surface area contributed by atoms with Crippen molar-refractivity contribution in [3.63, 3.8) is 0 Å². The smallest absolute Gasteiger partial charge is 0.206 e. The molecule has 0 saturated heterocycles. The second kappa shape index (κ2) is 9.25. The summed E-state index contributed by atoms with van der Waals surface area (Å²) < 4.78 is 9.65. The number of rotatable bonds is 4. The van der Waals surface area contributed by atoms with Crippen molar-refractivity contribution in [2.24, 2.45) is 4.99 Å². The molecule has 0 aliphatic carbocycles. The summed E-state index contributed by atoms with van der Waals surface area (Å²) in [7, 11) is -0.338. The fraction of sp³-hybridized carbons (Fsp3) is 0.125. The van der Waals surface area contributed by atoms with Gasteiger partial charge in [0.1, 0.15) is 5.75 Å². The summed E-state index contributed by atoms with van der Waals surface area (Å²) in [4.78, 5) is 5.81. The fourth-order valence-electron chi connectivity index (χ4n) is 3.21. The first-order chi connectivity index (χ1) is 15.1. The molecule has 0 saturated carbocycles. The van der Waals surface area contributed by atoms with Crippen molar-refractivity contribution >= 4 is 39.3 Å². The Morgan fingerprint density at radius 2 is 1.97 bits per heavy atom. The summed E-state index contributed by atoms with van der Waals surface area (Å²) in [5.41, 5.74) is 3.56. The Morgan fingerprint density at radius 1 is 1.13 bits per heavy atom. The van der Waals surface area contributed by atoms with Gasteiger partial charge in [0.15, 0.2) is 5.75 Å². The van der Waals surface area contributed by atoms with Gasteiger partial charge in [-0.25, -0.2) is 4.99 Å². The summed E-state index contributed by atoms with van der Waals surface area (Å²) >= 11 is 6.32. The highest BCUT2D eigenvalue weighted by Gasteiger charge is 2.22. The number of benzene rings is 3. The lowest BCUT2D eigenvalue weighted by molar-refractivity contribution is 0.483. The molecule has 1 heterocycles. The van der Waals surface area contributed by atoms with Gasteiger partial charge in [0.05, 0.1) is 28.9 Å². The molecule has 3 aromatic carbocycles. The number of hydrogen-bond donors (Lipinski definition) is 2. The number of hydrogen-bond acceptors (Lipinski definition) is 3. The molecule has 156 valence electrons. The summed E-state index contributed by atoms with van der Waals surface area (Å²) in [5, 5.41) is 15.2. The zero-order chi connectivity index (χ0) is 21.8. The first-order valence-corrected chi connectivity index (χ1v) is 11.4. The Hall–Kier alpha value is -3.27. The first-order valence-electron chi connectivity index (χ1n) is 9.74. The van der Waals surface area contributed by atoms with E-state index in [1.54, 1.807) is 12.1 Å². The number of nitriles is 1. The maximum Gasteiger partial charge on any atom is 0.206 e. The zero-order valence-electron chi connectivity index (χ0n) is 17.1. The monoisotopic (exact) mass is 448 g/mol. The first kappa shape index (κ1) is 21.0. The van der Waals surface area contributed by atoms with Crippen LogP contribution in [0, 0.1) is 18.3 Å². The Balaban J connectivity index is 1.69. The van der Waals surface area contributed by atoms with Crippen molar-refractivity contribution in [1.29, 1.82) is 5.26 Å². The molecule has 0 fully saturated rings. The predicted octanol–water partition coefficient (Wildman–Crippen LogP) is 6.25. The third-order valence-electron chi connectivity index (χ3n) is 4.67. The lowest BCUT2D eigenvalue weighted by Gasteiger charge is -2.27. The molecule has 1 aliphatic rings. The Kier molecular flexibility index (Phi) is 6.26. The normalized spacial score (nSPS) is 16.2. The van der Waals surface area contributed by atoms with E-state index in [0.29, 0.717) is 34.6 Å². The molecule has 5 nitrogen and oxygen atoms in total. The highest BCUT2D eigenvalue weighted by molar-refractivity contribution is 8.14. The standard InChI is InChI=1S/C24H21ClN4OS/c1-3-31-22-12-16(2)11-21(30-20-10-5-4-9-19(20)25)23(22)28-24(29-31)27-15-18-8-6-7-17(13-18)14-26/h3-13H,15H2,1-2H3,(H2,27,28,29). The van der Waals surface area contributed by atoms with Crippen LogP contribution in [-0.4, -0.2) is 11.3 Å². The molecule has 0 radical (unpaired) electrons. The van der Waals surface area contributed by atoms with E-state index in [1.165, 1.54) is 0 Å². The molecule has 0 amide bonds. The van der Waals surface area contributed by atoms with E-state index in [9.17, 15) is 0 Å². The maximum atomic E-state index is 9.11. The van der Waals surface area contributed by atoms with Gasteiger partial charge in [0.2, 0.25) is 5.96 Å². The van der Waals surface area contributed by atoms with Crippen molar-refractivity contribution in [2.75, 3.05) is 5.32 Å². The Bertz CT molecular complexity index is 1250. The quantitative estimate of drug-likeness (QED) is 0.463. The highest BCUT2D eigenvalue weighted by Crippen LogP contribution is 2.43. The fourth-order valence-corrected chi connectivity index (χ4v) is 4.88. The lowest BCUT2D eigenvalue weighted by Crippen LogP contribution is -2.31. The minimum Gasteiger partial charge on any atom is -0.454 e. The van der Waals surface area contributed by atoms with Crippen molar-refractivity contribution in [1.82, 2.24) is 4.72 Å². The second-order valence-corrected chi connectivity index (χ2v) is 9.14. The van der Waals surface area contributed by atoms with Gasteiger partial charge in [-0.15, -0.1) is 0 Å². The van der Waals surface area contributed by atoms with Crippen LogP contribution in [0.1, 0.15) is 23.6 Å². The van der Waals surface area contributed by atoms with Crippen molar-refractivity contribution < 1.29 is 4.74 Å². The van der Waals surface area contributed by atoms with Gasteiger partial charge in [-0.1, -0.05) is 46.5 Å². The average molecular weight is 449 g/mol. The van der Waals surface area contributed by atoms with Crippen LogP contribution in [0.2, 0.25) is 5.02 Å². The number of para-hydroxylation sites is 1. The van der Waals surface area contributed by atoms with Gasteiger partial charge < -0.3 is 14.8 Å². The Labute approximate surface area is 189 Å². The van der Waals surface area contributed by atoms with Crippen LogP contribution in [0.5, 0.6) is 11.5 Å². The minimum atomic E-state index is -0.338. The van der Waals surface area contributed by atoms with Crippen LogP contribution < -0.4 is 14.8 Å².